The van der Waals surface area contributed by atoms with Gasteiger partial charge in [-0.2, -0.15) is 0 Å². The van der Waals surface area contributed by atoms with Crippen LogP contribution in [-0.2, 0) is 9.53 Å². The Morgan fingerprint density at radius 2 is 2.13 bits per heavy atom. The number of benzene rings is 1. The van der Waals surface area contributed by atoms with E-state index in [1.807, 2.05) is 26.0 Å². The first-order chi connectivity index (χ1) is 10.9. The fourth-order valence-corrected chi connectivity index (χ4v) is 2.41. The average molecular weight is 318 g/mol. The molecule has 1 fully saturated rings. The van der Waals surface area contributed by atoms with Crippen LogP contribution >= 0.6 is 0 Å². The van der Waals surface area contributed by atoms with E-state index < -0.39 is 24.0 Å². The van der Waals surface area contributed by atoms with Crippen LogP contribution in [0.5, 0.6) is 5.75 Å². The molecule has 124 valence electrons. The van der Waals surface area contributed by atoms with Gasteiger partial charge in [-0.3, -0.25) is 4.79 Å². The maximum Gasteiger partial charge on any atom is 0.319 e. The van der Waals surface area contributed by atoms with Crippen molar-refractivity contribution in [2.24, 2.45) is 11.8 Å². The zero-order chi connectivity index (χ0) is 17.0. The summed E-state index contributed by atoms with van der Waals surface area (Å²) in [6, 6.07) is 6.28. The maximum absolute atomic E-state index is 12.5. The van der Waals surface area contributed by atoms with E-state index in [0.29, 0.717) is 18.1 Å². The van der Waals surface area contributed by atoms with Crippen molar-refractivity contribution in [3.8, 4) is 5.75 Å². The molecule has 1 saturated heterocycles. The van der Waals surface area contributed by atoms with E-state index >= 15 is 0 Å². The van der Waals surface area contributed by atoms with Crippen LogP contribution in [0.4, 0.5) is 4.79 Å². The zero-order valence-corrected chi connectivity index (χ0v) is 13.6. The Morgan fingerprint density at radius 1 is 1.39 bits per heavy atom. The van der Waals surface area contributed by atoms with Crippen LogP contribution in [0.1, 0.15) is 25.5 Å². The predicted octanol–water partition coefficient (Wildman–Crippen LogP) is 2.38. The third kappa shape index (κ3) is 4.03. The summed E-state index contributed by atoms with van der Waals surface area (Å²) < 4.78 is 10.5. The van der Waals surface area contributed by atoms with E-state index in [1.165, 1.54) is 0 Å². The quantitative estimate of drug-likeness (QED) is 0.817. The van der Waals surface area contributed by atoms with E-state index in [-0.39, 0.29) is 5.92 Å². The molecular weight excluding hydrogens is 296 g/mol. The summed E-state index contributed by atoms with van der Waals surface area (Å²) in [5.41, 5.74) is 1.09. The molecule has 2 unspecified atom stereocenters. The molecule has 0 saturated carbocycles. The van der Waals surface area contributed by atoms with Crippen LogP contribution in [0.3, 0.4) is 0 Å². The second-order valence-corrected chi connectivity index (χ2v) is 5.88. The minimum Gasteiger partial charge on any atom is -0.497 e. The van der Waals surface area contributed by atoms with Crippen molar-refractivity contribution in [2.75, 3.05) is 13.7 Å². The highest BCUT2D eigenvalue weighted by atomic mass is 16.5. The Kier molecular flexibility index (Phi) is 5.26. The summed E-state index contributed by atoms with van der Waals surface area (Å²) in [6.07, 6.45) is 0. The number of amides is 2. The van der Waals surface area contributed by atoms with Gasteiger partial charge in [0.1, 0.15) is 11.7 Å². The molecule has 0 bridgehead atoms. The third-order valence-electron chi connectivity index (χ3n) is 3.54. The first-order valence-corrected chi connectivity index (χ1v) is 7.49. The van der Waals surface area contributed by atoms with E-state index in [0.717, 1.165) is 5.56 Å². The number of rotatable bonds is 5. The first kappa shape index (κ1) is 16.9. The molecule has 2 atom stereocenters. The molecule has 1 aromatic rings. The molecule has 2 N–H and O–H groups in total. The van der Waals surface area contributed by atoms with Crippen LogP contribution in [-0.4, -0.2) is 25.7 Å². The van der Waals surface area contributed by atoms with Crippen LogP contribution in [0, 0.1) is 11.8 Å². The van der Waals surface area contributed by atoms with Gasteiger partial charge >= 0.3 is 12.0 Å². The Morgan fingerprint density at radius 3 is 2.78 bits per heavy atom. The topological polar surface area (TPSA) is 76.7 Å². The van der Waals surface area contributed by atoms with E-state index in [2.05, 4.69) is 17.2 Å². The molecule has 0 radical (unpaired) electrons. The normalized spacial score (nSPS) is 20.7. The van der Waals surface area contributed by atoms with Gasteiger partial charge in [-0.15, -0.1) is 0 Å². The van der Waals surface area contributed by atoms with Crippen molar-refractivity contribution in [1.29, 1.82) is 0 Å². The lowest BCUT2D eigenvalue weighted by molar-refractivity contribution is -0.149. The standard InChI is InChI=1S/C17H22N2O4/c1-10(2)9-23-16(20)14-11(3)18-17(21)19-15(14)12-6-5-7-13(8-12)22-4/h5-8,10,14-15H,3,9H2,1-2,4H3,(H2,18,19,21). The SMILES string of the molecule is C=C1NC(=O)NC(c2cccc(OC)c2)C1C(=O)OCC(C)C. The molecule has 0 spiro atoms. The summed E-state index contributed by atoms with van der Waals surface area (Å²) in [5.74, 6) is -0.230. The Hall–Kier alpha value is -2.50. The van der Waals surface area contributed by atoms with Gasteiger partial charge in [-0.25, -0.2) is 4.79 Å². The molecule has 23 heavy (non-hydrogen) atoms. The molecule has 6 heteroatoms. The van der Waals surface area contributed by atoms with Crippen molar-refractivity contribution < 1.29 is 19.1 Å². The van der Waals surface area contributed by atoms with Crippen molar-refractivity contribution in [1.82, 2.24) is 10.6 Å². The predicted molar refractivity (Wildman–Crippen MR) is 85.8 cm³/mol. The number of methoxy groups -OCH3 is 1. The monoisotopic (exact) mass is 318 g/mol. The molecule has 6 nitrogen and oxygen atoms in total. The largest absolute Gasteiger partial charge is 0.497 e. The van der Waals surface area contributed by atoms with Crippen molar-refractivity contribution in [3.63, 3.8) is 0 Å². The summed E-state index contributed by atoms with van der Waals surface area (Å²) in [4.78, 5) is 24.2. The summed E-state index contributed by atoms with van der Waals surface area (Å²) in [7, 11) is 1.56. The van der Waals surface area contributed by atoms with Crippen LogP contribution in [0.2, 0.25) is 0 Å². The summed E-state index contributed by atoms with van der Waals surface area (Å²) >= 11 is 0. The average Bonchev–Trinajstić information content (AvgIpc) is 2.52. The third-order valence-corrected chi connectivity index (χ3v) is 3.54. The highest BCUT2D eigenvalue weighted by Crippen LogP contribution is 2.32. The van der Waals surface area contributed by atoms with Gasteiger partial charge < -0.3 is 20.1 Å². The fraction of sp³-hybridized carbons (Fsp3) is 0.412. The van der Waals surface area contributed by atoms with Crippen LogP contribution in [0.25, 0.3) is 0 Å². The Balaban J connectivity index is 2.29. The number of carbonyl (C=O) groups is 2. The number of ether oxygens (including phenoxy) is 2. The molecule has 1 aliphatic rings. The van der Waals surface area contributed by atoms with Crippen LogP contribution < -0.4 is 15.4 Å². The van der Waals surface area contributed by atoms with Gasteiger partial charge in [0.2, 0.25) is 0 Å². The highest BCUT2D eigenvalue weighted by molar-refractivity contribution is 5.85. The van der Waals surface area contributed by atoms with Crippen molar-refractivity contribution >= 4 is 12.0 Å². The second kappa shape index (κ2) is 7.17. The molecule has 0 aromatic heterocycles. The van der Waals surface area contributed by atoms with Gasteiger partial charge in [-0.1, -0.05) is 32.6 Å². The maximum atomic E-state index is 12.5. The Labute approximate surface area is 135 Å². The molecule has 2 amide bonds. The number of hydrogen-bond donors (Lipinski definition) is 2. The zero-order valence-electron chi connectivity index (χ0n) is 13.6. The number of nitrogens with one attached hydrogen (secondary N) is 2. The van der Waals surface area contributed by atoms with Crippen molar-refractivity contribution in [3.05, 3.63) is 42.1 Å². The lowest BCUT2D eigenvalue weighted by atomic mass is 9.89. The highest BCUT2D eigenvalue weighted by Gasteiger charge is 2.39. The smallest absolute Gasteiger partial charge is 0.319 e. The minimum atomic E-state index is -0.696. The summed E-state index contributed by atoms with van der Waals surface area (Å²) in [5, 5.41) is 5.32. The number of urea groups is 1. The number of carbonyl (C=O) groups excluding carboxylic acids is 2. The molecule has 2 rings (SSSR count). The van der Waals surface area contributed by atoms with Crippen LogP contribution in [0.15, 0.2) is 36.5 Å². The number of esters is 1. The molecule has 1 aromatic carbocycles. The fourth-order valence-electron chi connectivity index (χ4n) is 2.41. The van der Waals surface area contributed by atoms with Gasteiger partial charge in [-0.05, 0) is 23.6 Å². The van der Waals surface area contributed by atoms with Gasteiger partial charge in [0, 0.05) is 5.70 Å². The van der Waals surface area contributed by atoms with Gasteiger partial charge in [0.05, 0.1) is 19.8 Å². The van der Waals surface area contributed by atoms with E-state index in [1.54, 1.807) is 19.2 Å². The number of hydrogen-bond acceptors (Lipinski definition) is 4. The van der Waals surface area contributed by atoms with Gasteiger partial charge in [0.15, 0.2) is 0 Å². The Bertz CT molecular complexity index is 612. The lowest BCUT2D eigenvalue weighted by Crippen LogP contribution is -2.51. The molecule has 0 aliphatic carbocycles. The first-order valence-electron chi connectivity index (χ1n) is 7.49. The van der Waals surface area contributed by atoms with E-state index in [9.17, 15) is 9.59 Å². The minimum absolute atomic E-state index is 0.230. The molecule has 1 aliphatic heterocycles. The summed E-state index contributed by atoms with van der Waals surface area (Å²) in [6.45, 7) is 8.05. The van der Waals surface area contributed by atoms with Crippen molar-refractivity contribution in [2.45, 2.75) is 19.9 Å². The molecular formula is C17H22N2O4. The second-order valence-electron chi connectivity index (χ2n) is 5.88. The molecule has 1 heterocycles. The van der Waals surface area contributed by atoms with E-state index in [4.69, 9.17) is 9.47 Å². The lowest BCUT2D eigenvalue weighted by Gasteiger charge is -2.33. The van der Waals surface area contributed by atoms with Gasteiger partial charge in [0.25, 0.3) is 0 Å².